The molecule has 162 valence electrons. The zero-order valence-electron chi connectivity index (χ0n) is 14.0. The molecule has 20 heteroatoms. The van der Waals surface area contributed by atoms with Gasteiger partial charge in [-0.25, -0.2) is 18.7 Å². The summed E-state index contributed by atoms with van der Waals surface area (Å²) in [5.41, 5.74) is 5.12. The molecule has 29 heavy (non-hydrogen) atoms. The number of nitrogens with zero attached hydrogens (tertiary/aromatic N) is 3. The second-order valence-electron chi connectivity index (χ2n) is 5.61. The third-order valence-electron chi connectivity index (χ3n) is 3.41. The van der Waals surface area contributed by atoms with Gasteiger partial charge in [-0.1, -0.05) is 0 Å². The Morgan fingerprint density at radius 1 is 1.24 bits per heavy atom. The Labute approximate surface area is 159 Å². The largest absolute Gasteiger partial charge is 0.490 e. The second kappa shape index (κ2) is 7.65. The molecule has 0 aliphatic carbocycles. The number of imidazole rings is 1. The maximum absolute atomic E-state index is 11.7. The summed E-state index contributed by atoms with van der Waals surface area (Å²) in [5.74, 6) is -0.132. The third kappa shape index (κ3) is 5.57. The van der Waals surface area contributed by atoms with E-state index < -0.39 is 48.0 Å². The predicted molar refractivity (Wildman–Crippen MR) is 90.9 cm³/mol. The lowest BCUT2D eigenvalue weighted by molar-refractivity contribution is -0.176. The fourth-order valence-electron chi connectivity index (χ4n) is 2.36. The molecule has 4 atom stereocenters. The SMILES string of the molecule is Nc1nc2c(ncn2C2C[C@@H](COP(=O)(O)OP(=O)(O)OP(=O)(O)O)O2)c(=O)[nH]1. The van der Waals surface area contributed by atoms with Gasteiger partial charge < -0.3 is 30.0 Å². The molecule has 3 heterocycles. The standard InChI is InChI=1S/C9H14N5O12P3/c10-9-12-7-6(8(15)13-9)11-3-14(7)5-1-4(24-5)2-23-28(19,20)26-29(21,22)25-27(16,17)18/h3-5H,1-2H2,(H,19,20)(H,21,22)(H2,16,17,18)(H3,10,12,13,15)/t4-,5?/m0/s1. The van der Waals surface area contributed by atoms with E-state index in [-0.39, 0.29) is 23.5 Å². The van der Waals surface area contributed by atoms with Gasteiger partial charge in [-0.3, -0.25) is 18.9 Å². The van der Waals surface area contributed by atoms with E-state index in [1.165, 1.54) is 10.9 Å². The van der Waals surface area contributed by atoms with Gasteiger partial charge in [0.25, 0.3) is 5.56 Å². The zero-order valence-corrected chi connectivity index (χ0v) is 16.6. The summed E-state index contributed by atoms with van der Waals surface area (Å²) in [6, 6.07) is 0. The number of aromatic amines is 1. The third-order valence-corrected chi connectivity index (χ3v) is 7.22. The van der Waals surface area contributed by atoms with E-state index >= 15 is 0 Å². The summed E-state index contributed by atoms with van der Waals surface area (Å²) in [7, 11) is -16.3. The normalized spacial score (nSPS) is 24.0. The molecule has 1 fully saturated rings. The minimum Gasteiger partial charge on any atom is -0.369 e. The lowest BCUT2D eigenvalue weighted by Crippen LogP contribution is -2.37. The van der Waals surface area contributed by atoms with Crippen LogP contribution in [0.25, 0.3) is 11.2 Å². The van der Waals surface area contributed by atoms with Crippen molar-refractivity contribution in [3.63, 3.8) is 0 Å². The molecular weight excluding hydrogens is 463 g/mol. The Morgan fingerprint density at radius 3 is 2.52 bits per heavy atom. The first-order chi connectivity index (χ1) is 13.2. The van der Waals surface area contributed by atoms with Crippen molar-refractivity contribution >= 4 is 40.6 Å². The van der Waals surface area contributed by atoms with E-state index in [0.717, 1.165) is 0 Å². The number of phosphoric ester groups is 1. The Morgan fingerprint density at radius 2 is 1.90 bits per heavy atom. The van der Waals surface area contributed by atoms with Crippen LogP contribution in [0, 0.1) is 0 Å². The van der Waals surface area contributed by atoms with Crippen molar-refractivity contribution in [1.29, 1.82) is 0 Å². The van der Waals surface area contributed by atoms with E-state index in [9.17, 15) is 23.4 Å². The number of anilines is 1. The highest BCUT2D eigenvalue weighted by molar-refractivity contribution is 7.66. The summed E-state index contributed by atoms with van der Waals surface area (Å²) in [5, 5.41) is 0. The highest BCUT2D eigenvalue weighted by Gasteiger charge is 2.42. The average Bonchev–Trinajstić information content (AvgIpc) is 2.85. The number of nitrogen functional groups attached to an aromatic ring is 1. The molecular formula is C9H14N5O12P3. The lowest BCUT2D eigenvalue weighted by atomic mass is 10.1. The summed E-state index contributed by atoms with van der Waals surface area (Å²) < 4.78 is 51.9. The Hall–Kier alpha value is -1.48. The van der Waals surface area contributed by atoms with Crippen molar-refractivity contribution in [2.45, 2.75) is 18.8 Å². The maximum Gasteiger partial charge on any atom is 0.490 e. The number of hydrogen-bond donors (Lipinski definition) is 6. The van der Waals surface area contributed by atoms with Gasteiger partial charge in [-0.2, -0.15) is 13.6 Å². The quantitative estimate of drug-likeness (QED) is 0.258. The van der Waals surface area contributed by atoms with E-state index in [1.807, 2.05) is 0 Å². The molecule has 0 bridgehead atoms. The van der Waals surface area contributed by atoms with Crippen molar-refractivity contribution in [2.24, 2.45) is 0 Å². The predicted octanol–water partition coefficient (Wildman–Crippen LogP) is -0.667. The minimum absolute atomic E-state index is 0.0273. The summed E-state index contributed by atoms with van der Waals surface area (Å²) in [6.45, 7) is -0.580. The molecule has 17 nitrogen and oxygen atoms in total. The Bertz CT molecular complexity index is 1120. The van der Waals surface area contributed by atoms with Crippen LogP contribution in [-0.4, -0.2) is 51.8 Å². The van der Waals surface area contributed by atoms with Crippen LogP contribution in [-0.2, 0) is 31.6 Å². The number of nitrogens with one attached hydrogen (secondary N) is 1. The van der Waals surface area contributed by atoms with E-state index in [0.29, 0.717) is 0 Å². The summed E-state index contributed by atoms with van der Waals surface area (Å²) in [6.07, 6.45) is 0.0791. The molecule has 3 unspecified atom stereocenters. The van der Waals surface area contributed by atoms with E-state index in [1.54, 1.807) is 0 Å². The van der Waals surface area contributed by atoms with Gasteiger partial charge >= 0.3 is 23.5 Å². The Kier molecular flexibility index (Phi) is 5.86. The zero-order chi connectivity index (χ0) is 21.6. The minimum atomic E-state index is -5.58. The summed E-state index contributed by atoms with van der Waals surface area (Å²) >= 11 is 0. The molecule has 7 N–H and O–H groups in total. The highest BCUT2D eigenvalue weighted by atomic mass is 31.3. The number of H-pyrrole nitrogens is 1. The van der Waals surface area contributed by atoms with Crippen molar-refractivity contribution in [1.82, 2.24) is 19.5 Å². The van der Waals surface area contributed by atoms with Crippen molar-refractivity contribution in [3.05, 3.63) is 16.7 Å². The number of hydrogen-bond acceptors (Lipinski definition) is 11. The maximum atomic E-state index is 11.7. The number of nitrogens with two attached hydrogens (primary N) is 1. The molecule has 2 aromatic heterocycles. The van der Waals surface area contributed by atoms with Crippen LogP contribution in [0.3, 0.4) is 0 Å². The molecule has 0 aromatic carbocycles. The number of rotatable bonds is 8. The van der Waals surface area contributed by atoms with Crippen molar-refractivity contribution in [2.75, 3.05) is 12.3 Å². The van der Waals surface area contributed by atoms with Gasteiger partial charge in [-0.05, 0) is 0 Å². The van der Waals surface area contributed by atoms with Crippen LogP contribution in [0.2, 0.25) is 0 Å². The number of phosphoric acid groups is 3. The van der Waals surface area contributed by atoms with Crippen LogP contribution >= 0.6 is 23.5 Å². The smallest absolute Gasteiger partial charge is 0.369 e. The van der Waals surface area contributed by atoms with Crippen LogP contribution in [0.15, 0.2) is 11.1 Å². The monoisotopic (exact) mass is 477 g/mol. The summed E-state index contributed by atoms with van der Waals surface area (Å²) in [4.78, 5) is 57.2. The van der Waals surface area contributed by atoms with E-state index in [2.05, 4.69) is 28.1 Å². The van der Waals surface area contributed by atoms with Gasteiger partial charge in [-0.15, -0.1) is 0 Å². The van der Waals surface area contributed by atoms with Crippen LogP contribution in [0.5, 0.6) is 0 Å². The molecule has 2 aromatic rings. The second-order valence-corrected chi connectivity index (χ2v) is 10.0. The number of aromatic nitrogens is 4. The molecule has 0 radical (unpaired) electrons. The van der Waals surface area contributed by atoms with Crippen LogP contribution < -0.4 is 11.3 Å². The van der Waals surface area contributed by atoms with Crippen molar-refractivity contribution < 1.29 is 51.2 Å². The first-order valence-electron chi connectivity index (χ1n) is 7.41. The molecule has 0 spiro atoms. The first-order valence-corrected chi connectivity index (χ1v) is 11.9. The fourth-order valence-corrected chi connectivity index (χ4v) is 5.41. The average molecular weight is 477 g/mol. The van der Waals surface area contributed by atoms with Gasteiger partial charge in [0, 0.05) is 6.42 Å². The molecule has 0 amide bonds. The van der Waals surface area contributed by atoms with Gasteiger partial charge in [0.2, 0.25) is 5.95 Å². The Balaban J connectivity index is 1.56. The fraction of sp³-hybridized carbons (Fsp3) is 0.444. The van der Waals surface area contributed by atoms with Crippen LogP contribution in [0.4, 0.5) is 5.95 Å². The molecule has 1 aliphatic rings. The number of ether oxygens (including phenoxy) is 1. The molecule has 0 saturated carbocycles. The molecule has 1 saturated heterocycles. The van der Waals surface area contributed by atoms with Gasteiger partial charge in [0.05, 0.1) is 19.0 Å². The van der Waals surface area contributed by atoms with Gasteiger partial charge in [0.1, 0.15) is 6.23 Å². The lowest BCUT2D eigenvalue weighted by Gasteiger charge is -2.36. The topological polar surface area (TPSA) is 259 Å². The number of fused-ring (bicyclic) bond motifs is 1. The molecule has 3 rings (SSSR count). The van der Waals surface area contributed by atoms with Crippen molar-refractivity contribution in [3.8, 4) is 0 Å². The van der Waals surface area contributed by atoms with E-state index in [4.69, 9.17) is 25.2 Å². The molecule has 1 aliphatic heterocycles. The van der Waals surface area contributed by atoms with Gasteiger partial charge in [0.15, 0.2) is 11.2 Å². The van der Waals surface area contributed by atoms with Crippen LogP contribution in [0.1, 0.15) is 12.6 Å². The first kappa shape index (κ1) is 22.2. The highest BCUT2D eigenvalue weighted by Crippen LogP contribution is 2.66.